The number of thiocarbonyl (C=S) groups is 1. The number of hydrogen-bond donors (Lipinski definition) is 1. The van der Waals surface area contributed by atoms with Gasteiger partial charge in [0.2, 0.25) is 10.0 Å². The van der Waals surface area contributed by atoms with Gasteiger partial charge in [0.05, 0.1) is 4.99 Å². The van der Waals surface area contributed by atoms with Crippen molar-refractivity contribution in [2.24, 2.45) is 5.73 Å². The van der Waals surface area contributed by atoms with Crippen LogP contribution in [0.25, 0.3) is 0 Å². The molecule has 102 valence electrons. The zero-order chi connectivity index (χ0) is 13.6. The molecule has 0 radical (unpaired) electrons. The van der Waals surface area contributed by atoms with Crippen LogP contribution in [0.4, 0.5) is 0 Å². The summed E-state index contributed by atoms with van der Waals surface area (Å²) in [7, 11) is 0.522. The Labute approximate surface area is 110 Å². The quantitative estimate of drug-likeness (QED) is 0.647. The van der Waals surface area contributed by atoms with Gasteiger partial charge in [0.1, 0.15) is 5.25 Å². The third-order valence-electron chi connectivity index (χ3n) is 2.57. The molecule has 0 saturated heterocycles. The lowest BCUT2D eigenvalue weighted by molar-refractivity contribution is 0.355. The Morgan fingerprint density at radius 1 is 1.35 bits per heavy atom. The fourth-order valence-electron chi connectivity index (χ4n) is 1.40. The number of sulfonamides is 1. The van der Waals surface area contributed by atoms with Crippen LogP contribution >= 0.6 is 12.2 Å². The Morgan fingerprint density at radius 3 is 2.24 bits per heavy atom. The Bertz CT molecular complexity index is 341. The van der Waals surface area contributed by atoms with Gasteiger partial charge < -0.3 is 10.6 Å². The van der Waals surface area contributed by atoms with E-state index in [2.05, 4.69) is 0 Å². The van der Waals surface area contributed by atoms with Gasteiger partial charge in [-0.05, 0) is 34.0 Å². The molecule has 0 saturated carbocycles. The normalized spacial score (nSPS) is 14.2. The maximum Gasteiger partial charge on any atom is 0.223 e. The van der Waals surface area contributed by atoms with Crippen LogP contribution in [0.2, 0.25) is 0 Å². The SMILES string of the molecule is CCN(CCCN(C)C)S(=O)(=O)C(C)C(N)=S. The summed E-state index contributed by atoms with van der Waals surface area (Å²) >= 11 is 4.75. The molecule has 0 aliphatic heterocycles. The standard InChI is InChI=1S/C10H23N3O2S2/c1-5-13(8-6-7-12(3)4)17(14,15)9(2)10(11)16/h9H,5-8H2,1-4H3,(H2,11,16). The minimum absolute atomic E-state index is 0.0241. The Kier molecular flexibility index (Phi) is 7.15. The van der Waals surface area contributed by atoms with Crippen LogP contribution < -0.4 is 5.73 Å². The van der Waals surface area contributed by atoms with E-state index in [1.54, 1.807) is 0 Å². The van der Waals surface area contributed by atoms with Crippen LogP contribution in [0.5, 0.6) is 0 Å². The Morgan fingerprint density at radius 2 is 1.88 bits per heavy atom. The van der Waals surface area contributed by atoms with Crippen molar-refractivity contribution in [3.8, 4) is 0 Å². The molecule has 1 unspecified atom stereocenters. The van der Waals surface area contributed by atoms with Crippen LogP contribution in [0.15, 0.2) is 0 Å². The second-order valence-electron chi connectivity index (χ2n) is 4.24. The molecule has 0 bridgehead atoms. The van der Waals surface area contributed by atoms with Gasteiger partial charge in [-0.1, -0.05) is 19.1 Å². The van der Waals surface area contributed by atoms with Crippen LogP contribution in [0, 0.1) is 0 Å². The fraction of sp³-hybridized carbons (Fsp3) is 0.900. The van der Waals surface area contributed by atoms with Gasteiger partial charge in [-0.3, -0.25) is 0 Å². The van der Waals surface area contributed by atoms with Gasteiger partial charge in [0.15, 0.2) is 0 Å². The predicted molar refractivity (Wildman–Crippen MR) is 75.6 cm³/mol. The lowest BCUT2D eigenvalue weighted by Gasteiger charge is -2.24. The highest BCUT2D eigenvalue weighted by atomic mass is 32.2. The molecule has 0 fully saturated rings. The van der Waals surface area contributed by atoms with E-state index in [0.717, 1.165) is 13.0 Å². The molecule has 17 heavy (non-hydrogen) atoms. The summed E-state index contributed by atoms with van der Waals surface area (Å²) in [5.74, 6) is 0. The molecule has 1 atom stereocenters. The van der Waals surface area contributed by atoms with Crippen molar-refractivity contribution in [2.45, 2.75) is 25.5 Å². The molecule has 2 N–H and O–H groups in total. The number of nitrogens with two attached hydrogens (primary N) is 1. The van der Waals surface area contributed by atoms with Crippen LogP contribution in [0.1, 0.15) is 20.3 Å². The predicted octanol–water partition coefficient (Wildman–Crippen LogP) is 0.264. The number of rotatable bonds is 8. The molecule has 5 nitrogen and oxygen atoms in total. The van der Waals surface area contributed by atoms with Crippen molar-refractivity contribution in [3.05, 3.63) is 0 Å². The highest BCUT2D eigenvalue weighted by Crippen LogP contribution is 2.10. The average Bonchev–Trinajstić information content (AvgIpc) is 2.22. The summed E-state index contributed by atoms with van der Waals surface area (Å²) in [6.07, 6.45) is 0.796. The topological polar surface area (TPSA) is 66.6 Å². The second kappa shape index (κ2) is 7.25. The minimum atomic E-state index is -3.40. The largest absolute Gasteiger partial charge is 0.392 e. The van der Waals surface area contributed by atoms with E-state index in [-0.39, 0.29) is 4.99 Å². The van der Waals surface area contributed by atoms with Crippen LogP contribution in [-0.2, 0) is 10.0 Å². The molecule has 0 aromatic carbocycles. The molecule has 7 heteroatoms. The van der Waals surface area contributed by atoms with Crippen molar-refractivity contribution >= 4 is 27.2 Å². The maximum atomic E-state index is 12.1. The molecule has 0 heterocycles. The summed E-state index contributed by atoms with van der Waals surface area (Å²) in [5, 5.41) is -0.795. The van der Waals surface area contributed by atoms with Crippen molar-refractivity contribution in [1.82, 2.24) is 9.21 Å². The van der Waals surface area contributed by atoms with Gasteiger partial charge in [0, 0.05) is 13.1 Å². The first-order valence-electron chi connectivity index (χ1n) is 5.66. The molecule has 0 aromatic rings. The van der Waals surface area contributed by atoms with Crippen LogP contribution in [0.3, 0.4) is 0 Å². The Hall–Kier alpha value is -0.240. The first-order valence-corrected chi connectivity index (χ1v) is 7.57. The smallest absolute Gasteiger partial charge is 0.223 e. The van der Waals surface area contributed by atoms with Crippen LogP contribution in [-0.4, -0.2) is 61.6 Å². The van der Waals surface area contributed by atoms with Crippen molar-refractivity contribution in [1.29, 1.82) is 0 Å². The van der Waals surface area contributed by atoms with E-state index in [9.17, 15) is 8.42 Å². The van der Waals surface area contributed by atoms with Gasteiger partial charge in [-0.2, -0.15) is 0 Å². The Balaban J connectivity index is 4.59. The zero-order valence-electron chi connectivity index (χ0n) is 11.0. The van der Waals surface area contributed by atoms with E-state index >= 15 is 0 Å². The van der Waals surface area contributed by atoms with E-state index in [0.29, 0.717) is 13.1 Å². The second-order valence-corrected chi connectivity index (χ2v) is 6.96. The number of nitrogens with zero attached hydrogens (tertiary/aromatic N) is 2. The lowest BCUT2D eigenvalue weighted by atomic mass is 10.4. The zero-order valence-corrected chi connectivity index (χ0v) is 12.6. The molecular weight excluding hydrogens is 258 g/mol. The van der Waals surface area contributed by atoms with Gasteiger partial charge in [-0.25, -0.2) is 12.7 Å². The summed E-state index contributed by atoms with van der Waals surface area (Å²) in [4.78, 5) is 2.05. The molecule has 0 aliphatic carbocycles. The van der Waals surface area contributed by atoms with Gasteiger partial charge in [-0.15, -0.1) is 0 Å². The van der Waals surface area contributed by atoms with Crippen molar-refractivity contribution in [3.63, 3.8) is 0 Å². The maximum absolute atomic E-state index is 12.1. The first kappa shape index (κ1) is 16.8. The van der Waals surface area contributed by atoms with E-state index < -0.39 is 15.3 Å². The summed E-state index contributed by atoms with van der Waals surface area (Å²) in [5.41, 5.74) is 5.41. The monoisotopic (exact) mass is 281 g/mol. The fourth-order valence-corrected chi connectivity index (χ4v) is 3.25. The third kappa shape index (κ3) is 5.29. The third-order valence-corrected chi connectivity index (χ3v) is 5.38. The average molecular weight is 281 g/mol. The summed E-state index contributed by atoms with van der Waals surface area (Å²) in [6.45, 7) is 5.16. The van der Waals surface area contributed by atoms with Crippen molar-refractivity contribution in [2.75, 3.05) is 33.7 Å². The molecule has 0 aliphatic rings. The molecule has 0 rings (SSSR count). The molecular formula is C10H23N3O2S2. The van der Waals surface area contributed by atoms with Gasteiger partial charge >= 0.3 is 0 Å². The first-order chi connectivity index (χ1) is 7.73. The molecule has 0 aromatic heterocycles. The summed E-state index contributed by atoms with van der Waals surface area (Å²) in [6, 6.07) is 0. The summed E-state index contributed by atoms with van der Waals surface area (Å²) < 4.78 is 25.7. The van der Waals surface area contributed by atoms with Crippen molar-refractivity contribution < 1.29 is 8.42 Å². The highest BCUT2D eigenvalue weighted by Gasteiger charge is 2.29. The molecule has 0 spiro atoms. The molecule has 0 amide bonds. The van der Waals surface area contributed by atoms with E-state index in [4.69, 9.17) is 18.0 Å². The van der Waals surface area contributed by atoms with E-state index in [1.807, 2.05) is 25.9 Å². The highest BCUT2D eigenvalue weighted by molar-refractivity contribution is 7.92. The minimum Gasteiger partial charge on any atom is -0.392 e. The van der Waals surface area contributed by atoms with E-state index in [1.165, 1.54) is 11.2 Å². The lowest BCUT2D eigenvalue weighted by Crippen LogP contribution is -2.43. The number of hydrogen-bond acceptors (Lipinski definition) is 4. The van der Waals surface area contributed by atoms with Gasteiger partial charge in [0.25, 0.3) is 0 Å².